The van der Waals surface area contributed by atoms with Crippen LogP contribution in [0, 0.1) is 5.92 Å². The number of fused-ring (bicyclic) bond motifs is 2. The Kier molecular flexibility index (Phi) is 2.44. The van der Waals surface area contributed by atoms with E-state index in [-0.39, 0.29) is 12.4 Å². The van der Waals surface area contributed by atoms with Gasteiger partial charge in [0.15, 0.2) is 5.82 Å². The van der Waals surface area contributed by atoms with Crippen LogP contribution in [0.15, 0.2) is 4.52 Å². The molecule has 1 aliphatic carbocycles. The molecule has 3 fully saturated rings. The molecule has 4 nitrogen and oxygen atoms in total. The first-order valence-electron chi connectivity index (χ1n) is 5.96. The van der Waals surface area contributed by atoms with E-state index in [1.807, 2.05) is 0 Å². The minimum Gasteiger partial charge on any atom is -0.339 e. The Labute approximate surface area is 101 Å². The van der Waals surface area contributed by atoms with Gasteiger partial charge in [-0.1, -0.05) is 5.16 Å². The Morgan fingerprint density at radius 2 is 2.06 bits per heavy atom. The standard InChI is InChI=1S/C11H15N3O.ClH/c1-2-7(1)10-12-11(15-13-10)9-6-14-4-3-8(9)5-14;/h7-9H,1-6H2;1H/t8-,9-;/m0./s1. The minimum atomic E-state index is 0. The van der Waals surface area contributed by atoms with E-state index in [1.54, 1.807) is 0 Å². The molecular weight excluding hydrogens is 226 g/mol. The quantitative estimate of drug-likeness (QED) is 0.792. The van der Waals surface area contributed by atoms with Crippen LogP contribution in [0.3, 0.4) is 0 Å². The molecule has 0 radical (unpaired) electrons. The van der Waals surface area contributed by atoms with Crippen LogP contribution in [-0.4, -0.2) is 34.7 Å². The van der Waals surface area contributed by atoms with Crippen LogP contribution >= 0.6 is 12.4 Å². The van der Waals surface area contributed by atoms with Gasteiger partial charge in [-0.05, 0) is 31.7 Å². The van der Waals surface area contributed by atoms with Crippen LogP contribution in [0.5, 0.6) is 0 Å². The van der Waals surface area contributed by atoms with Gasteiger partial charge in [0.1, 0.15) is 0 Å². The second-order valence-electron chi connectivity index (χ2n) is 5.18. The SMILES string of the molecule is C1CC1c1noc([C@H]2CN3CC[C@H]2C3)n1.Cl. The fourth-order valence-electron chi connectivity index (χ4n) is 2.97. The first-order valence-corrected chi connectivity index (χ1v) is 5.96. The summed E-state index contributed by atoms with van der Waals surface area (Å²) in [5.41, 5.74) is 0. The maximum absolute atomic E-state index is 5.41. The maximum atomic E-state index is 5.41. The molecule has 0 amide bonds. The predicted octanol–water partition coefficient (Wildman–Crippen LogP) is 1.79. The third kappa shape index (κ3) is 1.55. The normalized spacial score (nSPS) is 36.4. The van der Waals surface area contributed by atoms with E-state index in [2.05, 4.69) is 15.0 Å². The van der Waals surface area contributed by atoms with Crippen molar-refractivity contribution in [2.45, 2.75) is 31.1 Å². The van der Waals surface area contributed by atoms with E-state index in [0.29, 0.717) is 11.8 Å². The molecule has 3 heterocycles. The van der Waals surface area contributed by atoms with Crippen molar-refractivity contribution in [3.05, 3.63) is 11.7 Å². The lowest BCUT2D eigenvalue weighted by molar-refractivity contribution is 0.288. The van der Waals surface area contributed by atoms with Gasteiger partial charge in [-0.3, -0.25) is 0 Å². The Bertz CT molecular complexity index is 390. The van der Waals surface area contributed by atoms with Crippen molar-refractivity contribution < 1.29 is 4.52 Å². The molecule has 0 aromatic carbocycles. The van der Waals surface area contributed by atoms with Gasteiger partial charge in [0.05, 0.1) is 5.92 Å². The molecule has 16 heavy (non-hydrogen) atoms. The molecule has 2 aliphatic heterocycles. The Morgan fingerprint density at radius 1 is 1.19 bits per heavy atom. The van der Waals surface area contributed by atoms with E-state index in [1.165, 1.54) is 32.4 Å². The lowest BCUT2D eigenvalue weighted by Crippen LogP contribution is -2.22. The lowest BCUT2D eigenvalue weighted by atomic mass is 9.93. The highest BCUT2D eigenvalue weighted by atomic mass is 35.5. The van der Waals surface area contributed by atoms with Gasteiger partial charge >= 0.3 is 0 Å². The smallest absolute Gasteiger partial charge is 0.231 e. The highest BCUT2D eigenvalue weighted by Crippen LogP contribution is 2.42. The summed E-state index contributed by atoms with van der Waals surface area (Å²) in [6.45, 7) is 3.65. The second-order valence-corrected chi connectivity index (χ2v) is 5.18. The van der Waals surface area contributed by atoms with Gasteiger partial charge in [0.2, 0.25) is 5.89 Å². The van der Waals surface area contributed by atoms with Crippen molar-refractivity contribution in [3.63, 3.8) is 0 Å². The summed E-state index contributed by atoms with van der Waals surface area (Å²) in [7, 11) is 0. The number of piperidine rings is 1. The maximum Gasteiger partial charge on any atom is 0.231 e. The first kappa shape index (κ1) is 10.5. The lowest BCUT2D eigenvalue weighted by Gasteiger charge is -2.17. The third-order valence-electron chi connectivity index (χ3n) is 4.05. The monoisotopic (exact) mass is 241 g/mol. The molecule has 3 aliphatic rings. The number of hydrogen-bond donors (Lipinski definition) is 0. The highest BCUT2D eigenvalue weighted by Gasteiger charge is 2.42. The van der Waals surface area contributed by atoms with Gasteiger partial charge < -0.3 is 9.42 Å². The largest absolute Gasteiger partial charge is 0.339 e. The fourth-order valence-corrected chi connectivity index (χ4v) is 2.97. The zero-order valence-corrected chi connectivity index (χ0v) is 9.95. The molecule has 0 spiro atoms. The summed E-state index contributed by atoms with van der Waals surface area (Å²) < 4.78 is 5.41. The van der Waals surface area contributed by atoms with Crippen LogP contribution in [0.1, 0.15) is 42.8 Å². The summed E-state index contributed by atoms with van der Waals surface area (Å²) in [6, 6.07) is 0. The molecule has 1 aromatic rings. The van der Waals surface area contributed by atoms with Gasteiger partial charge in [-0.25, -0.2) is 0 Å². The topological polar surface area (TPSA) is 42.2 Å². The van der Waals surface area contributed by atoms with Gasteiger partial charge in [0.25, 0.3) is 0 Å². The molecule has 2 bridgehead atoms. The van der Waals surface area contributed by atoms with Crippen molar-refractivity contribution in [2.24, 2.45) is 5.92 Å². The van der Waals surface area contributed by atoms with Crippen LogP contribution in [0.2, 0.25) is 0 Å². The van der Waals surface area contributed by atoms with Crippen LogP contribution in [0.4, 0.5) is 0 Å². The summed E-state index contributed by atoms with van der Waals surface area (Å²) in [5, 5.41) is 4.10. The molecule has 1 aromatic heterocycles. The van der Waals surface area contributed by atoms with Crippen molar-refractivity contribution in [3.8, 4) is 0 Å². The molecule has 1 saturated carbocycles. The van der Waals surface area contributed by atoms with E-state index >= 15 is 0 Å². The fraction of sp³-hybridized carbons (Fsp3) is 0.818. The molecule has 4 rings (SSSR count). The highest BCUT2D eigenvalue weighted by molar-refractivity contribution is 5.85. The zero-order valence-electron chi connectivity index (χ0n) is 9.13. The zero-order chi connectivity index (χ0) is 9.83. The molecule has 2 saturated heterocycles. The number of halogens is 1. The predicted molar refractivity (Wildman–Crippen MR) is 60.8 cm³/mol. The molecule has 5 heteroatoms. The van der Waals surface area contributed by atoms with Crippen LogP contribution in [-0.2, 0) is 0 Å². The number of hydrogen-bond acceptors (Lipinski definition) is 4. The van der Waals surface area contributed by atoms with Crippen LogP contribution < -0.4 is 0 Å². The molecular formula is C11H16ClN3O. The van der Waals surface area contributed by atoms with Crippen molar-refractivity contribution in [1.29, 1.82) is 0 Å². The minimum absolute atomic E-state index is 0. The number of rotatable bonds is 2. The molecule has 3 atom stereocenters. The van der Waals surface area contributed by atoms with E-state index in [0.717, 1.165) is 24.2 Å². The first-order chi connectivity index (χ1) is 7.40. The third-order valence-corrected chi connectivity index (χ3v) is 4.05. The number of aromatic nitrogens is 2. The summed E-state index contributed by atoms with van der Waals surface area (Å²) >= 11 is 0. The summed E-state index contributed by atoms with van der Waals surface area (Å²) in [4.78, 5) is 7.08. The van der Waals surface area contributed by atoms with Crippen molar-refractivity contribution >= 4 is 12.4 Å². The van der Waals surface area contributed by atoms with Gasteiger partial charge in [0, 0.05) is 19.0 Å². The average Bonchev–Trinajstić information content (AvgIpc) is 2.74. The molecule has 0 N–H and O–H groups in total. The number of nitrogens with zero attached hydrogens (tertiary/aromatic N) is 3. The average molecular weight is 242 g/mol. The van der Waals surface area contributed by atoms with E-state index in [4.69, 9.17) is 4.52 Å². The van der Waals surface area contributed by atoms with Gasteiger partial charge in [-0.2, -0.15) is 4.98 Å². The van der Waals surface area contributed by atoms with E-state index in [9.17, 15) is 0 Å². The van der Waals surface area contributed by atoms with Crippen LogP contribution in [0.25, 0.3) is 0 Å². The second kappa shape index (κ2) is 3.70. The summed E-state index contributed by atoms with van der Waals surface area (Å²) in [6.07, 6.45) is 3.81. The van der Waals surface area contributed by atoms with Crippen molar-refractivity contribution in [2.75, 3.05) is 19.6 Å². The van der Waals surface area contributed by atoms with Gasteiger partial charge in [-0.15, -0.1) is 12.4 Å². The Balaban J connectivity index is 0.000000810. The molecule has 1 unspecified atom stereocenters. The van der Waals surface area contributed by atoms with E-state index < -0.39 is 0 Å². The Morgan fingerprint density at radius 3 is 2.69 bits per heavy atom. The van der Waals surface area contributed by atoms with Crippen molar-refractivity contribution in [1.82, 2.24) is 15.0 Å². The summed E-state index contributed by atoms with van der Waals surface area (Å²) in [5.74, 6) is 3.78. The molecule has 88 valence electrons. The Hall–Kier alpha value is -0.610.